The molecule has 3 amide bonds. The molecule has 9 heteroatoms. The zero-order valence-electron chi connectivity index (χ0n) is 20.5. The summed E-state index contributed by atoms with van der Waals surface area (Å²) < 4.78 is 0. The fourth-order valence-corrected chi connectivity index (χ4v) is 5.03. The van der Waals surface area contributed by atoms with Crippen molar-refractivity contribution >= 4 is 29.2 Å². The number of piperazine rings is 1. The minimum atomic E-state index is -0.340. The maximum absolute atomic E-state index is 12.9. The third kappa shape index (κ3) is 5.58. The van der Waals surface area contributed by atoms with Gasteiger partial charge in [-0.15, -0.1) is 0 Å². The number of nitrogens with zero attached hydrogens (tertiary/aromatic N) is 5. The lowest BCUT2D eigenvalue weighted by Crippen LogP contribution is -2.56. The van der Waals surface area contributed by atoms with Gasteiger partial charge in [-0.25, -0.2) is 4.79 Å². The number of halogens is 1. The van der Waals surface area contributed by atoms with E-state index in [2.05, 4.69) is 28.2 Å². The first-order valence-electron chi connectivity index (χ1n) is 12.0. The summed E-state index contributed by atoms with van der Waals surface area (Å²) in [4.78, 5) is 36.1. The summed E-state index contributed by atoms with van der Waals surface area (Å²) in [5.41, 5.74) is 3.87. The molecule has 1 atom stereocenters. The Kier molecular flexibility index (Phi) is 7.58. The predicted molar refractivity (Wildman–Crippen MR) is 135 cm³/mol. The Morgan fingerprint density at radius 1 is 1.17 bits per heavy atom. The maximum Gasteiger partial charge on any atom is 0.320 e. The fourth-order valence-electron chi connectivity index (χ4n) is 4.79. The van der Waals surface area contributed by atoms with E-state index in [4.69, 9.17) is 11.6 Å². The zero-order chi connectivity index (χ0) is 25.1. The highest BCUT2D eigenvalue weighted by atomic mass is 35.5. The predicted octanol–water partition coefficient (Wildman–Crippen LogP) is 4.20. The Balaban J connectivity index is 1.44. The number of benzene rings is 1. The molecule has 0 aliphatic carbocycles. The van der Waals surface area contributed by atoms with E-state index in [-0.39, 0.29) is 18.0 Å². The zero-order valence-corrected chi connectivity index (χ0v) is 21.2. The SMILES string of the molecule is Cc1ncc(C(=O)Nc2cc(Cl)cc(CN3CCN(C(=O)N4CCCC4)C(C)C3)c2C)cc1C#N. The first kappa shape index (κ1) is 25.0. The second-order valence-electron chi connectivity index (χ2n) is 9.41. The molecule has 0 bridgehead atoms. The van der Waals surface area contributed by atoms with Crippen LogP contribution in [0.2, 0.25) is 5.02 Å². The van der Waals surface area contributed by atoms with E-state index in [1.807, 2.05) is 22.8 Å². The summed E-state index contributed by atoms with van der Waals surface area (Å²) in [6.07, 6.45) is 3.65. The smallest absolute Gasteiger partial charge is 0.320 e. The molecule has 184 valence electrons. The van der Waals surface area contributed by atoms with Gasteiger partial charge in [-0.1, -0.05) is 11.6 Å². The van der Waals surface area contributed by atoms with E-state index in [0.717, 1.165) is 50.1 Å². The molecule has 2 aliphatic heterocycles. The summed E-state index contributed by atoms with van der Waals surface area (Å²) >= 11 is 6.42. The van der Waals surface area contributed by atoms with Crippen molar-refractivity contribution in [2.45, 2.75) is 46.2 Å². The van der Waals surface area contributed by atoms with Gasteiger partial charge in [0.15, 0.2) is 0 Å². The summed E-state index contributed by atoms with van der Waals surface area (Å²) in [6, 6.07) is 7.55. The molecule has 2 aliphatic rings. The van der Waals surface area contributed by atoms with Crippen molar-refractivity contribution in [3.05, 3.63) is 57.4 Å². The van der Waals surface area contributed by atoms with E-state index < -0.39 is 0 Å². The average molecular weight is 495 g/mol. The van der Waals surface area contributed by atoms with Crippen molar-refractivity contribution in [3.63, 3.8) is 0 Å². The number of urea groups is 1. The quantitative estimate of drug-likeness (QED) is 0.687. The molecule has 1 N–H and O–H groups in total. The molecule has 35 heavy (non-hydrogen) atoms. The highest BCUT2D eigenvalue weighted by Crippen LogP contribution is 2.27. The lowest BCUT2D eigenvalue weighted by atomic mass is 10.0. The molecule has 0 saturated carbocycles. The van der Waals surface area contributed by atoms with Crippen molar-refractivity contribution in [2.24, 2.45) is 0 Å². The summed E-state index contributed by atoms with van der Waals surface area (Å²) in [7, 11) is 0. The van der Waals surface area contributed by atoms with Crippen LogP contribution in [0.15, 0.2) is 24.4 Å². The molecule has 3 heterocycles. The number of nitrogens with one attached hydrogen (secondary N) is 1. The van der Waals surface area contributed by atoms with Gasteiger partial charge in [0.1, 0.15) is 6.07 Å². The van der Waals surface area contributed by atoms with Crippen molar-refractivity contribution in [1.82, 2.24) is 19.7 Å². The minimum absolute atomic E-state index is 0.124. The molecule has 0 radical (unpaired) electrons. The number of rotatable bonds is 4. The maximum atomic E-state index is 12.9. The Morgan fingerprint density at radius 2 is 1.91 bits per heavy atom. The molecular weight excluding hydrogens is 464 g/mol. The monoisotopic (exact) mass is 494 g/mol. The van der Waals surface area contributed by atoms with Crippen LogP contribution in [0.4, 0.5) is 10.5 Å². The molecule has 8 nitrogen and oxygen atoms in total. The van der Waals surface area contributed by atoms with E-state index in [1.54, 1.807) is 19.1 Å². The van der Waals surface area contributed by atoms with Gasteiger partial charge in [-0.05, 0) is 62.9 Å². The van der Waals surface area contributed by atoms with Gasteiger partial charge in [-0.3, -0.25) is 14.7 Å². The molecule has 1 aromatic heterocycles. The number of hydrogen-bond donors (Lipinski definition) is 1. The first-order chi connectivity index (χ1) is 16.8. The van der Waals surface area contributed by atoms with Crippen molar-refractivity contribution in [3.8, 4) is 6.07 Å². The number of aryl methyl sites for hydroxylation is 1. The fraction of sp³-hybridized carbons (Fsp3) is 0.462. The second-order valence-corrected chi connectivity index (χ2v) is 9.85. The number of hydrogen-bond acceptors (Lipinski definition) is 5. The number of aromatic nitrogens is 1. The Morgan fingerprint density at radius 3 is 2.60 bits per heavy atom. The van der Waals surface area contributed by atoms with Crippen LogP contribution in [0.25, 0.3) is 0 Å². The largest absolute Gasteiger partial charge is 0.325 e. The van der Waals surface area contributed by atoms with E-state index in [0.29, 0.717) is 40.6 Å². The van der Waals surface area contributed by atoms with Gasteiger partial charge < -0.3 is 15.1 Å². The molecule has 2 fully saturated rings. The van der Waals surface area contributed by atoms with Crippen LogP contribution in [-0.2, 0) is 6.54 Å². The lowest BCUT2D eigenvalue weighted by molar-refractivity contribution is 0.0814. The number of amides is 3. The first-order valence-corrected chi connectivity index (χ1v) is 12.4. The number of pyridine rings is 1. The average Bonchev–Trinajstić information content (AvgIpc) is 3.37. The number of likely N-dealkylation sites (tertiary alicyclic amines) is 1. The van der Waals surface area contributed by atoms with Gasteiger partial charge >= 0.3 is 6.03 Å². The number of nitriles is 1. The van der Waals surface area contributed by atoms with Crippen molar-refractivity contribution < 1.29 is 9.59 Å². The summed E-state index contributed by atoms with van der Waals surface area (Å²) in [5.74, 6) is -0.340. The molecule has 4 rings (SSSR count). The van der Waals surface area contributed by atoms with Crippen LogP contribution in [0, 0.1) is 25.2 Å². The number of anilines is 1. The highest BCUT2D eigenvalue weighted by Gasteiger charge is 2.31. The Labute approximate surface area is 211 Å². The topological polar surface area (TPSA) is 92.6 Å². The second kappa shape index (κ2) is 10.6. The minimum Gasteiger partial charge on any atom is -0.325 e. The van der Waals surface area contributed by atoms with E-state index >= 15 is 0 Å². The number of carbonyl (C=O) groups is 2. The van der Waals surface area contributed by atoms with Crippen LogP contribution in [-0.4, -0.2) is 70.4 Å². The van der Waals surface area contributed by atoms with Crippen LogP contribution >= 0.6 is 11.6 Å². The van der Waals surface area contributed by atoms with Crippen molar-refractivity contribution in [1.29, 1.82) is 5.26 Å². The van der Waals surface area contributed by atoms with Gasteiger partial charge in [0.05, 0.1) is 16.8 Å². The third-order valence-electron chi connectivity index (χ3n) is 6.93. The molecule has 2 aromatic rings. The molecule has 2 saturated heterocycles. The molecule has 1 aromatic carbocycles. The standard InChI is InChI=1S/C26H31ClN6O2/c1-17-15-31(8-9-33(17)26(35)32-6-4-5-7-32)16-22-11-23(27)12-24(18(22)2)30-25(34)21-10-20(13-28)19(3)29-14-21/h10-12,14,17H,4-9,15-16H2,1-3H3,(H,30,34). The van der Waals surface area contributed by atoms with Gasteiger partial charge in [0.25, 0.3) is 5.91 Å². The lowest BCUT2D eigenvalue weighted by Gasteiger charge is -2.41. The van der Waals surface area contributed by atoms with Crippen LogP contribution < -0.4 is 5.32 Å². The Bertz CT molecular complexity index is 1170. The summed E-state index contributed by atoms with van der Waals surface area (Å²) in [6.45, 7) is 10.4. The molecule has 1 unspecified atom stereocenters. The van der Waals surface area contributed by atoms with Crippen LogP contribution in [0.5, 0.6) is 0 Å². The van der Waals surface area contributed by atoms with Crippen molar-refractivity contribution in [2.75, 3.05) is 38.0 Å². The van der Waals surface area contributed by atoms with E-state index in [1.165, 1.54) is 6.20 Å². The van der Waals surface area contributed by atoms with Crippen LogP contribution in [0.3, 0.4) is 0 Å². The summed E-state index contributed by atoms with van der Waals surface area (Å²) in [5, 5.41) is 12.7. The van der Waals surface area contributed by atoms with Gasteiger partial charge in [0.2, 0.25) is 0 Å². The molecule has 0 spiro atoms. The van der Waals surface area contributed by atoms with Gasteiger partial charge in [0, 0.05) is 62.2 Å². The van der Waals surface area contributed by atoms with E-state index in [9.17, 15) is 14.9 Å². The third-order valence-corrected chi connectivity index (χ3v) is 7.14. The number of carbonyl (C=O) groups excluding carboxylic acids is 2. The van der Waals surface area contributed by atoms with Gasteiger partial charge in [-0.2, -0.15) is 5.26 Å². The Hall–Kier alpha value is -3.15. The molecular formula is C26H31ClN6O2. The van der Waals surface area contributed by atoms with Crippen LogP contribution in [0.1, 0.15) is 52.5 Å². The highest BCUT2D eigenvalue weighted by molar-refractivity contribution is 6.31. The normalized spacial score (nSPS) is 18.4.